The van der Waals surface area contributed by atoms with Crippen LogP contribution in [0.2, 0.25) is 0 Å². The van der Waals surface area contributed by atoms with E-state index in [1.165, 1.54) is 30.5 Å². The first-order valence-corrected chi connectivity index (χ1v) is 8.09. The van der Waals surface area contributed by atoms with Crippen LogP contribution in [0.25, 0.3) is 0 Å². The molecule has 1 aliphatic heterocycles. The van der Waals surface area contributed by atoms with Gasteiger partial charge in [0.2, 0.25) is 0 Å². The van der Waals surface area contributed by atoms with Crippen molar-refractivity contribution in [2.24, 2.45) is 11.7 Å². The number of hydrogen-bond donors (Lipinski definition) is 1. The Hall–Kier alpha value is -2.83. The maximum Gasteiger partial charge on any atom is 0.573 e. The van der Waals surface area contributed by atoms with Gasteiger partial charge in [-0.3, -0.25) is 0 Å². The molecule has 1 heterocycles. The van der Waals surface area contributed by atoms with Crippen LogP contribution in [0.5, 0.6) is 23.0 Å². The minimum absolute atomic E-state index is 0.299. The van der Waals surface area contributed by atoms with Crippen molar-refractivity contribution in [1.29, 1.82) is 0 Å². The largest absolute Gasteiger partial charge is 0.573 e. The van der Waals surface area contributed by atoms with E-state index in [0.717, 1.165) is 18.4 Å². The summed E-state index contributed by atoms with van der Waals surface area (Å²) < 4.78 is 52.1. The molecule has 1 unspecified atom stereocenters. The molecule has 0 amide bonds. The zero-order chi connectivity index (χ0) is 18.6. The second kappa shape index (κ2) is 7.59. The topological polar surface area (TPSA) is 53.7 Å². The smallest absolute Gasteiger partial charge is 0.489 e. The van der Waals surface area contributed by atoms with Crippen molar-refractivity contribution in [1.82, 2.24) is 0 Å². The Labute approximate surface area is 149 Å². The number of hydrogen-bond acceptors (Lipinski definition) is 4. The van der Waals surface area contributed by atoms with E-state index in [4.69, 9.17) is 15.2 Å². The number of fused-ring (bicyclic) bond motifs is 1. The van der Waals surface area contributed by atoms with Crippen molar-refractivity contribution >= 4 is 0 Å². The number of benzene rings is 2. The van der Waals surface area contributed by atoms with Crippen molar-refractivity contribution in [2.75, 3.05) is 6.61 Å². The number of halogens is 3. The quantitative estimate of drug-likeness (QED) is 0.828. The number of rotatable bonds is 5. The average Bonchev–Trinajstić information content (AvgIpc) is 2.60. The van der Waals surface area contributed by atoms with Crippen LogP contribution in [0.3, 0.4) is 0 Å². The highest BCUT2D eigenvalue weighted by Gasteiger charge is 2.31. The number of ether oxygens (including phenoxy) is 3. The van der Waals surface area contributed by atoms with E-state index in [-0.39, 0.29) is 5.75 Å². The summed E-state index contributed by atoms with van der Waals surface area (Å²) in [4.78, 5) is 0. The predicted octanol–water partition coefficient (Wildman–Crippen LogP) is 4.79. The molecule has 0 radical (unpaired) electrons. The van der Waals surface area contributed by atoms with E-state index in [0.29, 0.717) is 29.8 Å². The van der Waals surface area contributed by atoms with Gasteiger partial charge >= 0.3 is 6.36 Å². The number of para-hydroxylation sites is 1. The molecule has 26 heavy (non-hydrogen) atoms. The Bertz CT molecular complexity index is 773. The highest BCUT2D eigenvalue weighted by atomic mass is 19.4. The van der Waals surface area contributed by atoms with Gasteiger partial charge in [-0.25, -0.2) is 0 Å². The molecule has 0 fully saturated rings. The molecule has 0 spiro atoms. The summed E-state index contributed by atoms with van der Waals surface area (Å²) in [6.07, 6.45) is 0.395. The van der Waals surface area contributed by atoms with Crippen LogP contribution >= 0.6 is 0 Å². The lowest BCUT2D eigenvalue weighted by Gasteiger charge is -2.26. The summed E-state index contributed by atoms with van der Waals surface area (Å²) in [6, 6.07) is 10.8. The van der Waals surface area contributed by atoms with Gasteiger partial charge in [-0.05, 0) is 54.9 Å². The molecule has 0 saturated carbocycles. The van der Waals surface area contributed by atoms with Gasteiger partial charge in [-0.2, -0.15) is 0 Å². The van der Waals surface area contributed by atoms with Crippen molar-refractivity contribution in [3.05, 3.63) is 60.3 Å². The van der Waals surface area contributed by atoms with E-state index < -0.39 is 6.36 Å². The second-order valence-corrected chi connectivity index (χ2v) is 5.91. The lowest BCUT2D eigenvalue weighted by Crippen LogP contribution is -2.20. The van der Waals surface area contributed by atoms with Gasteiger partial charge < -0.3 is 19.9 Å². The highest BCUT2D eigenvalue weighted by molar-refractivity contribution is 5.50. The third-order valence-corrected chi connectivity index (χ3v) is 3.92. The minimum Gasteiger partial charge on any atom is -0.489 e. The normalized spacial score (nSPS) is 16.8. The van der Waals surface area contributed by atoms with Crippen LogP contribution in [0.1, 0.15) is 12.0 Å². The van der Waals surface area contributed by atoms with Crippen LogP contribution in [-0.2, 0) is 6.42 Å². The third-order valence-electron chi connectivity index (χ3n) is 3.92. The van der Waals surface area contributed by atoms with Crippen molar-refractivity contribution in [3.8, 4) is 23.0 Å². The van der Waals surface area contributed by atoms with Gasteiger partial charge in [-0.15, -0.1) is 13.2 Å². The lowest BCUT2D eigenvalue weighted by atomic mass is 9.94. The van der Waals surface area contributed by atoms with E-state index in [1.807, 2.05) is 18.2 Å². The monoisotopic (exact) mass is 365 g/mol. The fourth-order valence-electron chi connectivity index (χ4n) is 2.80. The minimum atomic E-state index is -4.72. The Morgan fingerprint density at radius 1 is 1.12 bits per heavy atom. The van der Waals surface area contributed by atoms with E-state index in [2.05, 4.69) is 4.74 Å². The molecule has 3 rings (SSSR count). The molecule has 138 valence electrons. The molecule has 7 heteroatoms. The summed E-state index contributed by atoms with van der Waals surface area (Å²) >= 11 is 0. The molecule has 4 nitrogen and oxygen atoms in total. The second-order valence-electron chi connectivity index (χ2n) is 5.91. The number of nitrogens with two attached hydrogens (primary N) is 1. The molecular formula is C19H18F3NO3. The van der Waals surface area contributed by atoms with Gasteiger partial charge in [0, 0.05) is 5.92 Å². The standard InChI is InChI=1S/C19H18F3NO3/c20-19(21,22)26-16-8-6-15(7-9-16)25-17-5-1-4-14-11-13(3-2-10-23)12-24-18(14)17/h1-2,4-10,13H,3,11-12,23H2. The summed E-state index contributed by atoms with van der Waals surface area (Å²) in [5, 5.41) is 0. The van der Waals surface area contributed by atoms with Crippen LogP contribution in [-0.4, -0.2) is 13.0 Å². The molecule has 0 aliphatic carbocycles. The van der Waals surface area contributed by atoms with Gasteiger partial charge in [0.15, 0.2) is 11.5 Å². The Morgan fingerprint density at radius 3 is 2.54 bits per heavy atom. The molecule has 1 aliphatic rings. The summed E-state index contributed by atoms with van der Waals surface area (Å²) in [6.45, 7) is 0.552. The van der Waals surface area contributed by atoms with Gasteiger partial charge in [0.05, 0.1) is 6.61 Å². The Balaban J connectivity index is 1.71. The van der Waals surface area contributed by atoms with Crippen molar-refractivity contribution < 1.29 is 27.4 Å². The maximum absolute atomic E-state index is 12.2. The average molecular weight is 365 g/mol. The van der Waals surface area contributed by atoms with E-state index in [1.54, 1.807) is 6.07 Å². The Kier molecular flexibility index (Phi) is 5.25. The Morgan fingerprint density at radius 2 is 1.85 bits per heavy atom. The fraction of sp³-hybridized carbons (Fsp3) is 0.263. The molecule has 0 saturated heterocycles. The molecule has 2 aromatic rings. The number of alkyl halides is 3. The highest BCUT2D eigenvalue weighted by Crippen LogP contribution is 2.39. The van der Waals surface area contributed by atoms with Gasteiger partial charge in [0.25, 0.3) is 0 Å². The fourth-order valence-corrected chi connectivity index (χ4v) is 2.80. The zero-order valence-electron chi connectivity index (χ0n) is 13.8. The maximum atomic E-state index is 12.2. The first-order valence-electron chi connectivity index (χ1n) is 8.09. The molecule has 0 aromatic heterocycles. The first-order chi connectivity index (χ1) is 12.4. The molecule has 2 aromatic carbocycles. The summed E-state index contributed by atoms with van der Waals surface area (Å²) in [7, 11) is 0. The van der Waals surface area contributed by atoms with Crippen LogP contribution in [0.4, 0.5) is 13.2 Å². The molecule has 1 atom stereocenters. The predicted molar refractivity (Wildman–Crippen MR) is 90.3 cm³/mol. The van der Waals surface area contributed by atoms with Crippen molar-refractivity contribution in [3.63, 3.8) is 0 Å². The SMILES string of the molecule is NC=CCC1COc2c(cccc2Oc2ccc(OC(F)(F)F)cc2)C1. The molecular weight excluding hydrogens is 347 g/mol. The molecule has 0 bridgehead atoms. The van der Waals surface area contributed by atoms with Crippen molar-refractivity contribution in [2.45, 2.75) is 19.2 Å². The van der Waals surface area contributed by atoms with Gasteiger partial charge in [0.1, 0.15) is 11.5 Å². The number of allylic oxidation sites excluding steroid dienone is 1. The lowest BCUT2D eigenvalue weighted by molar-refractivity contribution is -0.274. The first kappa shape index (κ1) is 18.0. The zero-order valence-corrected chi connectivity index (χ0v) is 13.8. The summed E-state index contributed by atoms with van der Waals surface area (Å²) in [5.41, 5.74) is 6.41. The third kappa shape index (κ3) is 4.62. The van der Waals surface area contributed by atoms with E-state index >= 15 is 0 Å². The van der Waals surface area contributed by atoms with E-state index in [9.17, 15) is 13.2 Å². The summed E-state index contributed by atoms with van der Waals surface area (Å²) in [5.74, 6) is 1.63. The van der Waals surface area contributed by atoms with Crippen LogP contribution in [0.15, 0.2) is 54.7 Å². The molecule has 2 N–H and O–H groups in total. The van der Waals surface area contributed by atoms with Crippen LogP contribution < -0.4 is 19.9 Å². The van der Waals surface area contributed by atoms with Crippen LogP contribution in [0, 0.1) is 5.92 Å². The van der Waals surface area contributed by atoms with Gasteiger partial charge in [-0.1, -0.05) is 18.2 Å².